The lowest BCUT2D eigenvalue weighted by atomic mass is 9.93. The molecule has 176 valence electrons. The Labute approximate surface area is 203 Å². The van der Waals surface area contributed by atoms with E-state index in [2.05, 4.69) is 0 Å². The molecule has 8 heteroatoms. The van der Waals surface area contributed by atoms with Crippen molar-refractivity contribution in [3.05, 3.63) is 83.1 Å². The summed E-state index contributed by atoms with van der Waals surface area (Å²) in [5.74, 6) is -0.375. The molecule has 8 nitrogen and oxygen atoms in total. The predicted octanol–water partition coefficient (Wildman–Crippen LogP) is 3.79. The summed E-state index contributed by atoms with van der Waals surface area (Å²) in [6.07, 6.45) is 3.51. The molecule has 3 aromatic rings. The van der Waals surface area contributed by atoms with Gasteiger partial charge >= 0.3 is 0 Å². The van der Waals surface area contributed by atoms with Gasteiger partial charge in [0.05, 0.1) is 31.6 Å². The Morgan fingerprint density at radius 2 is 1.74 bits per heavy atom. The Hall–Kier alpha value is -4.48. The fourth-order valence-electron chi connectivity index (χ4n) is 3.85. The fourth-order valence-corrected chi connectivity index (χ4v) is 3.85. The summed E-state index contributed by atoms with van der Waals surface area (Å²) in [6, 6.07) is 19.0. The van der Waals surface area contributed by atoms with Crippen LogP contribution in [0.3, 0.4) is 0 Å². The van der Waals surface area contributed by atoms with E-state index in [1.54, 1.807) is 24.8 Å². The molecule has 1 aliphatic heterocycles. The van der Waals surface area contributed by atoms with E-state index in [4.69, 9.17) is 14.6 Å². The predicted molar refractivity (Wildman–Crippen MR) is 130 cm³/mol. The molecular weight excluding hydrogens is 444 g/mol. The zero-order valence-electron chi connectivity index (χ0n) is 19.7. The minimum atomic E-state index is -0.612. The smallest absolute Gasteiger partial charge is 0.271 e. The van der Waals surface area contributed by atoms with Crippen molar-refractivity contribution in [3.63, 3.8) is 0 Å². The van der Waals surface area contributed by atoms with Gasteiger partial charge in [-0.15, -0.1) is 0 Å². The highest BCUT2D eigenvalue weighted by Gasteiger charge is 2.35. The minimum absolute atomic E-state index is 0.0541. The highest BCUT2D eigenvalue weighted by Crippen LogP contribution is 2.31. The van der Waals surface area contributed by atoms with Crippen LogP contribution in [0.15, 0.2) is 77.5 Å². The number of nitriles is 1. The molecule has 0 atom stereocenters. The number of imide groups is 1. The van der Waals surface area contributed by atoms with Crippen molar-refractivity contribution in [1.82, 2.24) is 14.7 Å². The normalized spacial score (nSPS) is 15.0. The van der Waals surface area contributed by atoms with Gasteiger partial charge in [0.1, 0.15) is 17.4 Å². The van der Waals surface area contributed by atoms with Crippen molar-refractivity contribution >= 4 is 17.9 Å². The maximum absolute atomic E-state index is 13.3. The zero-order valence-corrected chi connectivity index (χ0v) is 19.7. The zero-order chi connectivity index (χ0) is 24.9. The van der Waals surface area contributed by atoms with Gasteiger partial charge in [0.2, 0.25) is 0 Å². The second-order valence-corrected chi connectivity index (χ2v) is 7.87. The van der Waals surface area contributed by atoms with Gasteiger partial charge < -0.3 is 9.47 Å². The van der Waals surface area contributed by atoms with Crippen molar-refractivity contribution < 1.29 is 19.1 Å². The maximum atomic E-state index is 13.3. The first-order chi connectivity index (χ1) is 17.0. The van der Waals surface area contributed by atoms with Gasteiger partial charge in [0.15, 0.2) is 0 Å². The Morgan fingerprint density at radius 1 is 1.03 bits per heavy atom. The van der Waals surface area contributed by atoms with E-state index in [0.717, 1.165) is 16.2 Å². The van der Waals surface area contributed by atoms with Crippen LogP contribution < -0.4 is 4.74 Å². The number of amides is 2. The van der Waals surface area contributed by atoms with Crippen LogP contribution in [0.25, 0.3) is 23.0 Å². The van der Waals surface area contributed by atoms with Gasteiger partial charge in [-0.05, 0) is 55.0 Å². The second-order valence-electron chi connectivity index (χ2n) is 7.87. The third-order valence-corrected chi connectivity index (χ3v) is 5.77. The number of nitrogens with zero attached hydrogens (tertiary/aromatic N) is 4. The highest BCUT2D eigenvalue weighted by atomic mass is 16.5. The van der Waals surface area contributed by atoms with Gasteiger partial charge in [-0.3, -0.25) is 14.5 Å². The molecule has 0 spiro atoms. The summed E-state index contributed by atoms with van der Waals surface area (Å²) in [4.78, 5) is 27.1. The third kappa shape index (κ3) is 4.63. The molecule has 0 N–H and O–H groups in total. The van der Waals surface area contributed by atoms with Gasteiger partial charge in [0, 0.05) is 30.0 Å². The number of benzene rings is 2. The molecule has 0 unspecified atom stereocenters. The van der Waals surface area contributed by atoms with Gasteiger partial charge in [-0.1, -0.05) is 18.2 Å². The summed E-state index contributed by atoms with van der Waals surface area (Å²) in [6.45, 7) is 1.84. The largest absolute Gasteiger partial charge is 0.497 e. The molecule has 2 aromatic carbocycles. The summed E-state index contributed by atoms with van der Waals surface area (Å²) in [5.41, 5.74) is 3.52. The van der Waals surface area contributed by atoms with Gasteiger partial charge in [-0.25, -0.2) is 4.68 Å². The lowest BCUT2D eigenvalue weighted by Crippen LogP contribution is -2.44. The number of ether oxygens (including phenoxy) is 2. The van der Waals surface area contributed by atoms with Crippen LogP contribution in [0.1, 0.15) is 12.5 Å². The van der Waals surface area contributed by atoms with Gasteiger partial charge in [0.25, 0.3) is 11.8 Å². The lowest BCUT2D eigenvalue weighted by Gasteiger charge is -2.27. The molecule has 1 aromatic heterocycles. The van der Waals surface area contributed by atoms with E-state index in [-0.39, 0.29) is 24.3 Å². The molecule has 35 heavy (non-hydrogen) atoms. The lowest BCUT2D eigenvalue weighted by molar-refractivity contribution is -0.141. The molecular formula is C27H24N4O4. The second kappa shape index (κ2) is 10.2. The van der Waals surface area contributed by atoms with E-state index >= 15 is 0 Å². The average Bonchev–Trinajstić information content (AvgIpc) is 3.31. The van der Waals surface area contributed by atoms with E-state index in [0.29, 0.717) is 22.6 Å². The van der Waals surface area contributed by atoms with Crippen molar-refractivity contribution in [2.75, 3.05) is 27.4 Å². The number of carbonyl (C=O) groups is 2. The number of hydrogen-bond donors (Lipinski definition) is 0. The van der Waals surface area contributed by atoms with E-state index in [1.807, 2.05) is 66.9 Å². The maximum Gasteiger partial charge on any atom is 0.271 e. The number of aromatic nitrogens is 2. The number of methoxy groups -OCH3 is 2. The molecule has 0 saturated heterocycles. The quantitative estimate of drug-likeness (QED) is 0.387. The van der Waals surface area contributed by atoms with Crippen molar-refractivity contribution in [1.29, 1.82) is 5.26 Å². The molecule has 0 fully saturated rings. The first-order valence-corrected chi connectivity index (χ1v) is 11.0. The Kier molecular flexibility index (Phi) is 6.90. The van der Waals surface area contributed by atoms with Crippen molar-refractivity contribution in [2.45, 2.75) is 6.92 Å². The van der Waals surface area contributed by atoms with E-state index in [9.17, 15) is 14.9 Å². The fraction of sp³-hybridized carbons (Fsp3) is 0.185. The van der Waals surface area contributed by atoms with Crippen LogP contribution in [0.4, 0.5) is 0 Å². The summed E-state index contributed by atoms with van der Waals surface area (Å²) in [7, 11) is 3.09. The van der Waals surface area contributed by atoms with E-state index in [1.165, 1.54) is 7.11 Å². The van der Waals surface area contributed by atoms with Gasteiger partial charge in [-0.2, -0.15) is 10.4 Å². The average molecular weight is 469 g/mol. The molecule has 2 heterocycles. The topological polar surface area (TPSA) is 97.5 Å². The molecule has 0 saturated carbocycles. The number of rotatable bonds is 7. The van der Waals surface area contributed by atoms with Crippen LogP contribution in [0.2, 0.25) is 0 Å². The monoisotopic (exact) mass is 468 g/mol. The summed E-state index contributed by atoms with van der Waals surface area (Å²) < 4.78 is 12.1. The SMILES string of the molecule is COCCN1C(=O)C(C#N)=C(C)/C(=C\c2cn(-c3ccccc3)nc2-c2ccc(OC)cc2)C1=O. The summed E-state index contributed by atoms with van der Waals surface area (Å²) >= 11 is 0. The first-order valence-electron chi connectivity index (χ1n) is 11.0. The first kappa shape index (κ1) is 23.7. The molecule has 1 aliphatic rings. The van der Waals surface area contributed by atoms with Crippen LogP contribution >= 0.6 is 0 Å². The third-order valence-electron chi connectivity index (χ3n) is 5.77. The molecule has 4 rings (SSSR count). The molecule has 0 radical (unpaired) electrons. The van der Waals surface area contributed by atoms with Crippen molar-refractivity contribution in [3.8, 4) is 28.8 Å². The number of hydrogen-bond acceptors (Lipinski definition) is 6. The summed E-state index contributed by atoms with van der Waals surface area (Å²) in [5, 5.41) is 14.4. The standard InChI is InChI=1S/C27H24N4O4/c1-18-23(26(32)30(13-14-34-2)27(33)24(18)16-28)15-20-17-31(21-7-5-4-6-8-21)29-25(20)19-9-11-22(35-3)12-10-19/h4-12,15,17H,13-14H2,1-3H3/b23-15+. The molecule has 0 bridgehead atoms. The number of carbonyl (C=O) groups excluding carboxylic acids is 2. The molecule has 2 amide bonds. The van der Waals surface area contributed by atoms with E-state index < -0.39 is 11.8 Å². The molecule has 0 aliphatic carbocycles. The Morgan fingerprint density at radius 3 is 2.37 bits per heavy atom. The minimum Gasteiger partial charge on any atom is -0.497 e. The van der Waals surface area contributed by atoms with Crippen LogP contribution in [0.5, 0.6) is 5.75 Å². The number of para-hydroxylation sites is 1. The highest BCUT2D eigenvalue weighted by molar-refractivity contribution is 6.19. The van der Waals surface area contributed by atoms with Crippen LogP contribution in [-0.2, 0) is 14.3 Å². The van der Waals surface area contributed by atoms with Crippen LogP contribution in [0, 0.1) is 11.3 Å². The Bertz CT molecular complexity index is 1360. The van der Waals surface area contributed by atoms with Crippen molar-refractivity contribution in [2.24, 2.45) is 0 Å². The van der Waals surface area contributed by atoms with Crippen LogP contribution in [-0.4, -0.2) is 53.9 Å². The Balaban J connectivity index is 1.88.